The topological polar surface area (TPSA) is 125 Å². The minimum atomic E-state index is -1.52. The zero-order valence-corrected chi connectivity index (χ0v) is 22.9. The zero-order chi connectivity index (χ0) is 26.6. The molecule has 0 aliphatic carbocycles. The summed E-state index contributed by atoms with van der Waals surface area (Å²) < 4.78 is 0. The number of hydrogen-bond acceptors (Lipinski definition) is 5. The van der Waals surface area contributed by atoms with Crippen molar-refractivity contribution < 1.29 is 29.4 Å². The lowest BCUT2D eigenvalue weighted by atomic mass is 10.1. The van der Waals surface area contributed by atoms with Crippen LogP contribution in [0.2, 0.25) is 40.2 Å². The van der Waals surface area contributed by atoms with Gasteiger partial charge in [0.15, 0.2) is 0 Å². The van der Waals surface area contributed by atoms with Crippen molar-refractivity contribution in [3.05, 3.63) is 62.4 Å². The fourth-order valence-corrected chi connectivity index (χ4v) is 4.77. The second kappa shape index (κ2) is 13.1. The molecular weight excluding hydrogens is 636 g/mol. The molecule has 0 radical (unpaired) electrons. The van der Waals surface area contributed by atoms with Crippen LogP contribution in [-0.2, 0) is 11.4 Å². The average Bonchev–Trinajstić information content (AvgIpc) is 2.80. The molecule has 16 heteroatoms. The molecule has 0 bridgehead atoms. The third kappa shape index (κ3) is 6.70. The van der Waals surface area contributed by atoms with Crippen molar-refractivity contribution in [1.29, 1.82) is 0 Å². The molecule has 0 saturated carbocycles. The molecule has 2 rings (SSSR count). The molecule has 0 fully saturated rings. The van der Waals surface area contributed by atoms with Gasteiger partial charge in [-0.15, -0.1) is 0 Å². The summed E-state index contributed by atoms with van der Waals surface area (Å²) in [5.74, 6) is -3.73. The summed E-state index contributed by atoms with van der Waals surface area (Å²) in [6.45, 7) is -0.0814. The number of hydrogen-bond donors (Lipinski definition) is 4. The number of halogens is 8. The monoisotopic (exact) mass is 644 g/mol. The molecule has 0 aliphatic rings. The van der Waals surface area contributed by atoms with Gasteiger partial charge in [-0.2, -0.15) is 0 Å². The van der Waals surface area contributed by atoms with E-state index in [0.29, 0.717) is 6.42 Å². The lowest BCUT2D eigenvalue weighted by molar-refractivity contribution is 0.0267. The molecule has 0 aliphatic heterocycles. The van der Waals surface area contributed by atoms with Gasteiger partial charge in [-0.3, -0.25) is 9.63 Å². The molecule has 0 spiro atoms. The molecule has 0 heterocycles. The Hall–Kier alpha value is -0.910. The minimum Gasteiger partial charge on any atom is -0.478 e. The van der Waals surface area contributed by atoms with Gasteiger partial charge in [-0.1, -0.05) is 92.8 Å². The van der Waals surface area contributed by atoms with E-state index in [2.05, 4.69) is 10.8 Å². The van der Waals surface area contributed by atoms with Gasteiger partial charge in [0.1, 0.15) is 0 Å². The molecule has 1 amide bonds. The molecule has 2 aromatic carbocycles. The predicted molar refractivity (Wildman–Crippen MR) is 137 cm³/mol. The maximum absolute atomic E-state index is 12.5. The Morgan fingerprint density at radius 2 is 1.09 bits per heavy atom. The van der Waals surface area contributed by atoms with Gasteiger partial charge in [0.2, 0.25) is 0 Å². The molecule has 4 N–H and O–H groups in total. The molecule has 35 heavy (non-hydrogen) atoms. The summed E-state index contributed by atoms with van der Waals surface area (Å²) in [6.07, 6.45) is 0.294. The van der Waals surface area contributed by atoms with Crippen LogP contribution >= 0.6 is 92.8 Å². The first-order valence-electron chi connectivity index (χ1n) is 9.12. The number of nitrogens with one attached hydrogen (secondary N) is 2. The van der Waals surface area contributed by atoms with Gasteiger partial charge >= 0.3 is 11.9 Å². The maximum atomic E-state index is 12.5. The Morgan fingerprint density at radius 3 is 1.60 bits per heavy atom. The van der Waals surface area contributed by atoms with E-state index in [4.69, 9.17) is 97.6 Å². The van der Waals surface area contributed by atoms with Crippen LogP contribution in [-0.4, -0.2) is 41.1 Å². The normalized spacial score (nSPS) is 11.0. The lowest BCUT2D eigenvalue weighted by Crippen LogP contribution is -2.29. The highest BCUT2D eigenvalue weighted by Gasteiger charge is 2.29. The van der Waals surface area contributed by atoms with E-state index in [0.717, 1.165) is 0 Å². The van der Waals surface area contributed by atoms with Gasteiger partial charge in [0.05, 0.1) is 63.5 Å². The van der Waals surface area contributed by atoms with Crippen LogP contribution in [0.5, 0.6) is 0 Å². The van der Waals surface area contributed by atoms with Crippen molar-refractivity contribution >= 4 is 111 Å². The Kier molecular flexibility index (Phi) is 11.3. The highest BCUT2D eigenvalue weighted by atomic mass is 35.5. The molecule has 190 valence electrons. The number of carboxylic acid groups (broad SMARTS) is 2. The van der Waals surface area contributed by atoms with Crippen molar-refractivity contribution in [2.75, 3.05) is 13.1 Å². The molecule has 0 atom stereocenters. The summed E-state index contributed by atoms with van der Waals surface area (Å²) in [6, 6.07) is 0. The SMILES string of the molecule is O=C(O)c1c(Cl)c(Cl)c(Cl)c(Cl)c1CONCCCNC(=O)c1c(Cl)c(Cl)c(Cl)c(Cl)c1C(=O)O. The van der Waals surface area contributed by atoms with E-state index in [1.807, 2.05) is 0 Å². The van der Waals surface area contributed by atoms with Crippen molar-refractivity contribution in [2.24, 2.45) is 0 Å². The van der Waals surface area contributed by atoms with Crippen molar-refractivity contribution in [3.63, 3.8) is 0 Å². The number of carbonyl (C=O) groups excluding carboxylic acids is 1. The van der Waals surface area contributed by atoms with Gasteiger partial charge in [-0.25, -0.2) is 15.1 Å². The quantitative estimate of drug-likeness (QED) is 0.0934. The molecule has 0 aromatic heterocycles. The zero-order valence-electron chi connectivity index (χ0n) is 16.9. The van der Waals surface area contributed by atoms with Crippen LogP contribution in [0, 0.1) is 0 Å². The molecule has 0 saturated heterocycles. The number of amides is 1. The van der Waals surface area contributed by atoms with Crippen molar-refractivity contribution in [1.82, 2.24) is 10.8 Å². The van der Waals surface area contributed by atoms with Crippen LogP contribution in [0.3, 0.4) is 0 Å². The third-order valence-corrected chi connectivity index (χ3v) is 7.99. The van der Waals surface area contributed by atoms with Crippen LogP contribution < -0.4 is 10.8 Å². The Morgan fingerprint density at radius 1 is 0.629 bits per heavy atom. The second-order valence-corrected chi connectivity index (χ2v) is 9.54. The van der Waals surface area contributed by atoms with E-state index in [1.165, 1.54) is 0 Å². The second-order valence-electron chi connectivity index (χ2n) is 6.52. The molecule has 0 unspecified atom stereocenters. The average molecular weight is 648 g/mol. The first-order chi connectivity index (χ1) is 16.3. The maximum Gasteiger partial charge on any atom is 0.338 e. The van der Waals surface area contributed by atoms with Crippen LogP contribution in [0.25, 0.3) is 0 Å². The van der Waals surface area contributed by atoms with Crippen LogP contribution in [0.4, 0.5) is 0 Å². The Labute approximate surface area is 238 Å². The standard InChI is InChI=1S/C19H12Cl8N2O6/c20-9-5(6(18(31)32)10(21)14(25)13(9)24)4-35-29-3-1-2-28-17(30)7-8(19(33)34)12(23)16(27)15(26)11(7)22/h29H,1-4H2,(H,28,30)(H,31,32)(H,33,34). The van der Waals surface area contributed by atoms with Gasteiger partial charge in [0, 0.05) is 18.7 Å². The summed E-state index contributed by atoms with van der Waals surface area (Å²) in [5.41, 5.74) is 1.19. The van der Waals surface area contributed by atoms with E-state index in [9.17, 15) is 24.6 Å². The number of benzene rings is 2. The van der Waals surface area contributed by atoms with E-state index in [1.54, 1.807) is 0 Å². The summed E-state index contributed by atoms with van der Waals surface area (Å²) in [5, 5.41) is 19.2. The number of carbonyl (C=O) groups is 3. The van der Waals surface area contributed by atoms with Crippen LogP contribution in [0.15, 0.2) is 0 Å². The smallest absolute Gasteiger partial charge is 0.338 e. The number of hydroxylamine groups is 1. The van der Waals surface area contributed by atoms with Gasteiger partial charge in [-0.05, 0) is 6.42 Å². The van der Waals surface area contributed by atoms with Gasteiger partial charge in [0.25, 0.3) is 5.91 Å². The minimum absolute atomic E-state index is 0.00621. The van der Waals surface area contributed by atoms with Crippen LogP contribution in [0.1, 0.15) is 43.1 Å². The molecule has 8 nitrogen and oxygen atoms in total. The summed E-state index contributed by atoms with van der Waals surface area (Å²) in [4.78, 5) is 40.9. The number of rotatable bonds is 10. The Bertz CT molecular complexity index is 1210. The molecule has 2 aromatic rings. The number of aromatic carboxylic acids is 2. The van der Waals surface area contributed by atoms with E-state index in [-0.39, 0.29) is 66.0 Å². The fraction of sp³-hybridized carbons (Fsp3) is 0.211. The number of carboxylic acids is 2. The highest BCUT2D eigenvalue weighted by molar-refractivity contribution is 6.54. The van der Waals surface area contributed by atoms with Gasteiger partial charge < -0.3 is 15.5 Å². The van der Waals surface area contributed by atoms with Crippen molar-refractivity contribution in [3.8, 4) is 0 Å². The highest BCUT2D eigenvalue weighted by Crippen LogP contribution is 2.42. The summed E-state index contributed by atoms with van der Waals surface area (Å²) in [7, 11) is 0. The van der Waals surface area contributed by atoms with Crippen molar-refractivity contribution in [2.45, 2.75) is 13.0 Å². The summed E-state index contributed by atoms with van der Waals surface area (Å²) >= 11 is 47.6. The fourth-order valence-electron chi connectivity index (χ4n) is 2.73. The predicted octanol–water partition coefficient (Wildman–Crippen LogP) is 7.15. The lowest BCUT2D eigenvalue weighted by Gasteiger charge is -2.15. The Balaban J connectivity index is 1.97. The third-order valence-electron chi connectivity index (χ3n) is 4.35. The van der Waals surface area contributed by atoms with E-state index < -0.39 is 34.0 Å². The molecular formula is C19H12Cl8N2O6. The first-order valence-corrected chi connectivity index (χ1v) is 12.1. The van der Waals surface area contributed by atoms with E-state index >= 15 is 0 Å². The largest absolute Gasteiger partial charge is 0.478 e. The first kappa shape index (κ1) is 30.3.